The van der Waals surface area contributed by atoms with Crippen molar-refractivity contribution >= 4 is 32.7 Å². The lowest BCUT2D eigenvalue weighted by atomic mass is 10.1. The Labute approximate surface area is 134 Å². The molecule has 21 heavy (non-hydrogen) atoms. The lowest BCUT2D eigenvalue weighted by Crippen LogP contribution is -2.23. The highest BCUT2D eigenvalue weighted by Crippen LogP contribution is 2.23. The molecule has 1 N–H and O–H groups in total. The molecule has 2 aromatic rings. The SMILES string of the molecule is CCCN1CCC(CNc2ccnc3cc(Br)cnc23)C1. The molecular formula is C16H21BrN4. The van der Waals surface area contributed by atoms with Gasteiger partial charge in [-0.2, -0.15) is 0 Å². The number of anilines is 1. The van der Waals surface area contributed by atoms with Crippen LogP contribution in [0.3, 0.4) is 0 Å². The Balaban J connectivity index is 1.66. The van der Waals surface area contributed by atoms with E-state index in [9.17, 15) is 0 Å². The number of hydrogen-bond acceptors (Lipinski definition) is 4. The number of rotatable bonds is 5. The zero-order valence-corrected chi connectivity index (χ0v) is 13.9. The first-order valence-corrected chi connectivity index (χ1v) is 8.42. The van der Waals surface area contributed by atoms with Gasteiger partial charge in [-0.25, -0.2) is 0 Å². The van der Waals surface area contributed by atoms with E-state index >= 15 is 0 Å². The van der Waals surface area contributed by atoms with Crippen molar-refractivity contribution in [3.63, 3.8) is 0 Å². The Hall–Kier alpha value is -1.20. The molecule has 4 nitrogen and oxygen atoms in total. The second-order valence-corrected chi connectivity index (χ2v) is 6.63. The summed E-state index contributed by atoms with van der Waals surface area (Å²) in [6.07, 6.45) is 6.20. The Bertz CT molecular complexity index is 616. The Morgan fingerprint density at radius 3 is 3.19 bits per heavy atom. The number of likely N-dealkylation sites (tertiary alicyclic amines) is 1. The minimum atomic E-state index is 0.732. The third-order valence-electron chi connectivity index (χ3n) is 4.04. The fourth-order valence-corrected chi connectivity index (χ4v) is 3.32. The highest BCUT2D eigenvalue weighted by molar-refractivity contribution is 9.10. The van der Waals surface area contributed by atoms with E-state index in [4.69, 9.17) is 0 Å². The van der Waals surface area contributed by atoms with E-state index in [-0.39, 0.29) is 0 Å². The normalized spacial score (nSPS) is 19.2. The number of aromatic nitrogens is 2. The van der Waals surface area contributed by atoms with Crippen LogP contribution in [0.25, 0.3) is 11.0 Å². The van der Waals surface area contributed by atoms with Gasteiger partial charge in [0.15, 0.2) is 0 Å². The molecule has 0 aliphatic carbocycles. The molecule has 3 rings (SSSR count). The summed E-state index contributed by atoms with van der Waals surface area (Å²) in [4.78, 5) is 11.4. The van der Waals surface area contributed by atoms with Crippen molar-refractivity contribution in [3.05, 3.63) is 29.0 Å². The second-order valence-electron chi connectivity index (χ2n) is 5.72. The summed E-state index contributed by atoms with van der Waals surface area (Å²) in [6, 6.07) is 4.02. The molecule has 0 spiro atoms. The third kappa shape index (κ3) is 3.52. The molecule has 0 bridgehead atoms. The van der Waals surface area contributed by atoms with Gasteiger partial charge in [0.25, 0.3) is 0 Å². The van der Waals surface area contributed by atoms with Gasteiger partial charge < -0.3 is 10.2 Å². The molecule has 1 fully saturated rings. The lowest BCUT2D eigenvalue weighted by molar-refractivity contribution is 0.327. The second kappa shape index (κ2) is 6.71. The van der Waals surface area contributed by atoms with Gasteiger partial charge in [-0.15, -0.1) is 0 Å². The van der Waals surface area contributed by atoms with Gasteiger partial charge in [-0.3, -0.25) is 9.97 Å². The van der Waals surface area contributed by atoms with Gasteiger partial charge in [0, 0.05) is 30.0 Å². The highest BCUT2D eigenvalue weighted by Gasteiger charge is 2.21. The summed E-state index contributed by atoms with van der Waals surface area (Å²) in [7, 11) is 0. The van der Waals surface area contributed by atoms with Crippen molar-refractivity contribution in [2.45, 2.75) is 19.8 Å². The molecule has 0 aromatic carbocycles. The zero-order chi connectivity index (χ0) is 14.7. The highest BCUT2D eigenvalue weighted by atomic mass is 79.9. The molecule has 1 saturated heterocycles. The maximum Gasteiger partial charge on any atom is 0.112 e. The van der Waals surface area contributed by atoms with E-state index in [1.54, 1.807) is 0 Å². The van der Waals surface area contributed by atoms with E-state index < -0.39 is 0 Å². The van der Waals surface area contributed by atoms with E-state index in [0.29, 0.717) is 0 Å². The molecule has 5 heteroatoms. The minimum Gasteiger partial charge on any atom is -0.383 e. The molecule has 0 radical (unpaired) electrons. The standard InChI is InChI=1S/C16H21BrN4/c1-2-6-21-7-4-12(11-21)9-19-14-3-5-18-15-8-13(17)10-20-16(14)15/h3,5,8,10,12H,2,4,6-7,9,11H2,1H3,(H,18,19). The molecule has 1 atom stereocenters. The molecular weight excluding hydrogens is 328 g/mol. The number of halogens is 1. The Morgan fingerprint density at radius 2 is 2.33 bits per heavy atom. The Kier molecular flexibility index (Phi) is 4.70. The maximum atomic E-state index is 4.49. The predicted molar refractivity (Wildman–Crippen MR) is 90.6 cm³/mol. The summed E-state index contributed by atoms with van der Waals surface area (Å²) in [5.41, 5.74) is 2.96. The first kappa shape index (κ1) is 14.7. The maximum absolute atomic E-state index is 4.49. The van der Waals surface area contributed by atoms with Crippen LogP contribution in [0.2, 0.25) is 0 Å². The van der Waals surface area contributed by atoms with E-state index in [0.717, 1.165) is 33.7 Å². The van der Waals surface area contributed by atoms with E-state index in [1.165, 1.54) is 32.5 Å². The molecule has 1 unspecified atom stereocenters. The van der Waals surface area contributed by atoms with Crippen LogP contribution < -0.4 is 5.32 Å². The average Bonchev–Trinajstić information content (AvgIpc) is 2.93. The molecule has 0 saturated carbocycles. The van der Waals surface area contributed by atoms with Crippen LogP contribution in [-0.2, 0) is 0 Å². The number of nitrogens with one attached hydrogen (secondary N) is 1. The van der Waals surface area contributed by atoms with Crippen molar-refractivity contribution in [2.24, 2.45) is 5.92 Å². The van der Waals surface area contributed by atoms with Crippen LogP contribution in [-0.4, -0.2) is 41.0 Å². The molecule has 3 heterocycles. The molecule has 112 valence electrons. The van der Waals surface area contributed by atoms with Gasteiger partial charge in [0.2, 0.25) is 0 Å². The van der Waals surface area contributed by atoms with Crippen LogP contribution in [0.1, 0.15) is 19.8 Å². The molecule has 1 aliphatic heterocycles. The van der Waals surface area contributed by atoms with Crippen molar-refractivity contribution < 1.29 is 0 Å². The number of pyridine rings is 2. The first-order valence-electron chi connectivity index (χ1n) is 7.62. The molecule has 2 aromatic heterocycles. The van der Waals surface area contributed by atoms with Crippen LogP contribution in [0.5, 0.6) is 0 Å². The van der Waals surface area contributed by atoms with Crippen molar-refractivity contribution in [1.29, 1.82) is 0 Å². The van der Waals surface area contributed by atoms with E-state index in [2.05, 4.69) is 43.0 Å². The largest absolute Gasteiger partial charge is 0.383 e. The molecule has 0 amide bonds. The van der Waals surface area contributed by atoms with Crippen LogP contribution in [0.15, 0.2) is 29.0 Å². The van der Waals surface area contributed by atoms with Gasteiger partial charge in [0.05, 0.1) is 11.2 Å². The summed E-state index contributed by atoms with van der Waals surface area (Å²) >= 11 is 3.44. The lowest BCUT2D eigenvalue weighted by Gasteiger charge is -2.16. The monoisotopic (exact) mass is 348 g/mol. The van der Waals surface area contributed by atoms with Gasteiger partial charge >= 0.3 is 0 Å². The van der Waals surface area contributed by atoms with Gasteiger partial charge in [-0.1, -0.05) is 6.92 Å². The van der Waals surface area contributed by atoms with Crippen LogP contribution >= 0.6 is 15.9 Å². The van der Waals surface area contributed by atoms with Gasteiger partial charge in [0.1, 0.15) is 5.52 Å². The summed E-state index contributed by atoms with van der Waals surface area (Å²) in [6.45, 7) is 6.94. The number of hydrogen-bond donors (Lipinski definition) is 1. The third-order valence-corrected chi connectivity index (χ3v) is 4.47. The summed E-state index contributed by atoms with van der Waals surface area (Å²) in [5, 5.41) is 3.57. The van der Waals surface area contributed by atoms with Gasteiger partial charge in [-0.05, 0) is 59.9 Å². The quantitative estimate of drug-likeness (QED) is 0.897. The van der Waals surface area contributed by atoms with Crippen LogP contribution in [0, 0.1) is 5.92 Å². The first-order chi connectivity index (χ1) is 10.3. The Morgan fingerprint density at radius 1 is 1.43 bits per heavy atom. The molecule has 1 aliphatic rings. The minimum absolute atomic E-state index is 0.732. The van der Waals surface area contributed by atoms with Crippen LogP contribution in [0.4, 0.5) is 5.69 Å². The number of fused-ring (bicyclic) bond motifs is 1. The summed E-state index contributed by atoms with van der Waals surface area (Å²) < 4.78 is 0.964. The van der Waals surface area contributed by atoms with Crippen molar-refractivity contribution in [2.75, 3.05) is 31.5 Å². The zero-order valence-electron chi connectivity index (χ0n) is 12.3. The van der Waals surface area contributed by atoms with Crippen molar-refractivity contribution in [1.82, 2.24) is 14.9 Å². The number of nitrogens with zero attached hydrogens (tertiary/aromatic N) is 3. The predicted octanol–water partition coefficient (Wildman–Crippen LogP) is 3.54. The average molecular weight is 349 g/mol. The fraction of sp³-hybridized carbons (Fsp3) is 0.500. The van der Waals surface area contributed by atoms with E-state index in [1.807, 2.05) is 24.5 Å². The topological polar surface area (TPSA) is 41.0 Å². The smallest absolute Gasteiger partial charge is 0.112 e. The summed E-state index contributed by atoms with van der Waals surface area (Å²) in [5.74, 6) is 0.732. The fourth-order valence-electron chi connectivity index (χ4n) is 3.00. The van der Waals surface area contributed by atoms with Crippen molar-refractivity contribution in [3.8, 4) is 0 Å².